The van der Waals surface area contributed by atoms with E-state index in [0.29, 0.717) is 17.9 Å². The van der Waals surface area contributed by atoms with Gasteiger partial charge in [0.2, 0.25) is 0 Å². The Labute approximate surface area is 88.7 Å². The van der Waals surface area contributed by atoms with Gasteiger partial charge in [-0.25, -0.2) is 4.79 Å². The van der Waals surface area contributed by atoms with Crippen molar-refractivity contribution in [1.82, 2.24) is 0 Å². The van der Waals surface area contributed by atoms with Crippen molar-refractivity contribution in [2.24, 2.45) is 0 Å². The molecular weight excluding hydrogens is 159 g/mol. The van der Waals surface area contributed by atoms with Crippen molar-refractivity contribution in [1.29, 1.82) is 0 Å². The molecule has 0 saturated carbocycles. The first-order chi connectivity index (χ1) is 4.18. The Balaban J connectivity index is 0. The van der Waals surface area contributed by atoms with E-state index in [4.69, 9.17) is 0 Å². The third-order valence-corrected chi connectivity index (χ3v) is 0.855. The van der Waals surface area contributed by atoms with Crippen LogP contribution in [0.15, 0.2) is 12.2 Å². The summed E-state index contributed by atoms with van der Waals surface area (Å²) in [5.74, 6) is 0.211. The molecule has 0 fully saturated rings. The number of esters is 1. The van der Waals surface area contributed by atoms with E-state index in [1.54, 1.807) is 6.92 Å². The van der Waals surface area contributed by atoms with Crippen LogP contribution in [0.25, 0.3) is 0 Å². The van der Waals surface area contributed by atoms with Crippen molar-refractivity contribution in [2.45, 2.75) is 6.92 Å². The van der Waals surface area contributed by atoms with Crippen LogP contribution in [0.2, 0.25) is 0 Å². The van der Waals surface area contributed by atoms with Gasteiger partial charge in [-0.2, -0.15) is 12.6 Å². The molecule has 0 atom stereocenters. The molecule has 0 aliphatic carbocycles. The van der Waals surface area contributed by atoms with Gasteiger partial charge in [0.1, 0.15) is 6.61 Å². The second-order valence-corrected chi connectivity index (χ2v) is 2.09. The van der Waals surface area contributed by atoms with Gasteiger partial charge in [-0.05, 0) is 6.92 Å². The zero-order valence-corrected chi connectivity index (χ0v) is 6.28. The first kappa shape index (κ1) is 13.2. The molecule has 4 heteroatoms. The summed E-state index contributed by atoms with van der Waals surface area (Å²) in [4.78, 5) is 10.5. The van der Waals surface area contributed by atoms with Gasteiger partial charge in [0.15, 0.2) is 0 Å². The summed E-state index contributed by atoms with van der Waals surface area (Å²) in [6, 6.07) is 0. The van der Waals surface area contributed by atoms with Gasteiger partial charge < -0.3 is 4.74 Å². The van der Waals surface area contributed by atoms with Crippen LogP contribution in [0, 0.1) is 0 Å². The van der Waals surface area contributed by atoms with E-state index < -0.39 is 0 Å². The molecule has 0 unspecified atom stereocenters. The number of rotatable bonds is 3. The Morgan fingerprint density at radius 2 is 2.20 bits per heavy atom. The summed E-state index contributed by atoms with van der Waals surface area (Å²) in [6.07, 6.45) is 0. The molecule has 0 heterocycles. The van der Waals surface area contributed by atoms with E-state index in [1.807, 2.05) is 0 Å². The van der Waals surface area contributed by atoms with E-state index in [1.165, 1.54) is 0 Å². The molecule has 2 nitrogen and oxygen atoms in total. The topological polar surface area (TPSA) is 26.3 Å². The van der Waals surface area contributed by atoms with Crippen LogP contribution in [0.1, 0.15) is 6.92 Å². The zero-order chi connectivity index (χ0) is 7.28. The molecule has 0 aromatic rings. The quantitative estimate of drug-likeness (QED) is 0.287. The third kappa shape index (κ3) is 6.68. The first-order valence-corrected chi connectivity index (χ1v) is 3.25. The number of ether oxygens (including phenoxy) is 1. The molecule has 0 aromatic carbocycles. The van der Waals surface area contributed by atoms with E-state index in [0.717, 1.165) is 0 Å². The van der Waals surface area contributed by atoms with Gasteiger partial charge in [0.05, 0.1) is 0 Å². The van der Waals surface area contributed by atoms with Crippen LogP contribution in [-0.2, 0) is 9.53 Å². The Bertz CT molecular complexity index is 125. The predicted octanol–water partition coefficient (Wildman–Crippen LogP) is 0.387. The van der Waals surface area contributed by atoms with Crippen molar-refractivity contribution in [2.75, 3.05) is 12.4 Å². The minimum atomic E-state index is -0.343. The summed E-state index contributed by atoms with van der Waals surface area (Å²) in [5, 5.41) is 0. The van der Waals surface area contributed by atoms with E-state index in [9.17, 15) is 4.79 Å². The molecule has 0 aliphatic rings. The standard InChI is InChI=1S/C6H10O2S.Na.H/c1-5(2)6(7)8-3-4-9;;/h9H,1,3-4H2,2H3;;. The summed E-state index contributed by atoms with van der Waals surface area (Å²) >= 11 is 3.86. The molecule has 0 spiro atoms. The molecule has 0 aliphatic heterocycles. The normalized spacial score (nSPS) is 7.80. The monoisotopic (exact) mass is 170 g/mol. The maximum atomic E-state index is 10.5. The van der Waals surface area contributed by atoms with E-state index >= 15 is 0 Å². The van der Waals surface area contributed by atoms with Gasteiger partial charge in [-0.3, -0.25) is 0 Å². The Hall–Kier alpha value is 0.560. The van der Waals surface area contributed by atoms with E-state index in [-0.39, 0.29) is 35.5 Å². The Morgan fingerprint density at radius 1 is 1.70 bits per heavy atom. The van der Waals surface area contributed by atoms with Crippen LogP contribution in [-0.4, -0.2) is 47.9 Å². The van der Waals surface area contributed by atoms with Gasteiger partial charge >= 0.3 is 35.5 Å². The molecular formula is C6H11NaO2S. The van der Waals surface area contributed by atoms with Gasteiger partial charge in [-0.15, -0.1) is 0 Å². The third-order valence-electron chi connectivity index (χ3n) is 0.673. The molecule has 0 bridgehead atoms. The van der Waals surface area contributed by atoms with Gasteiger partial charge in [-0.1, -0.05) is 6.58 Å². The molecule has 0 saturated heterocycles. The first-order valence-electron chi connectivity index (χ1n) is 2.62. The molecule has 0 radical (unpaired) electrons. The average molecular weight is 170 g/mol. The molecule has 0 N–H and O–H groups in total. The number of carbonyl (C=O) groups excluding carboxylic acids is 1. The van der Waals surface area contributed by atoms with Gasteiger partial charge in [0.25, 0.3) is 0 Å². The predicted molar refractivity (Wildman–Crippen MR) is 46.8 cm³/mol. The summed E-state index contributed by atoms with van der Waals surface area (Å²) in [7, 11) is 0. The van der Waals surface area contributed by atoms with E-state index in [2.05, 4.69) is 23.9 Å². The average Bonchev–Trinajstić information content (AvgIpc) is 1.82. The molecule has 54 valence electrons. The summed E-state index contributed by atoms with van der Waals surface area (Å²) in [6.45, 7) is 5.38. The zero-order valence-electron chi connectivity index (χ0n) is 5.39. The van der Waals surface area contributed by atoms with Crippen molar-refractivity contribution in [3.8, 4) is 0 Å². The van der Waals surface area contributed by atoms with Crippen LogP contribution in [0.4, 0.5) is 0 Å². The minimum absolute atomic E-state index is 0. The number of hydrogen-bond acceptors (Lipinski definition) is 3. The molecule has 0 aromatic heterocycles. The molecule has 0 rings (SSSR count). The van der Waals surface area contributed by atoms with Crippen molar-refractivity contribution >= 4 is 48.2 Å². The Kier molecular flexibility index (Phi) is 10.1. The number of carbonyl (C=O) groups is 1. The SMILES string of the molecule is C=C(C)C(=O)OCCS.[NaH]. The van der Waals surface area contributed by atoms with Crippen molar-refractivity contribution in [3.63, 3.8) is 0 Å². The fourth-order valence-electron chi connectivity index (χ4n) is 0.262. The van der Waals surface area contributed by atoms with Crippen molar-refractivity contribution in [3.05, 3.63) is 12.2 Å². The fraction of sp³-hybridized carbons (Fsp3) is 0.500. The second-order valence-electron chi connectivity index (χ2n) is 1.64. The van der Waals surface area contributed by atoms with Crippen LogP contribution >= 0.6 is 12.6 Å². The summed E-state index contributed by atoms with van der Waals surface area (Å²) < 4.78 is 4.64. The van der Waals surface area contributed by atoms with Gasteiger partial charge in [0, 0.05) is 11.3 Å². The number of thiol groups is 1. The summed E-state index contributed by atoms with van der Waals surface area (Å²) in [5.41, 5.74) is 0.428. The van der Waals surface area contributed by atoms with Crippen LogP contribution in [0.3, 0.4) is 0 Å². The fourth-order valence-corrected chi connectivity index (χ4v) is 0.353. The molecule has 0 amide bonds. The molecule has 10 heavy (non-hydrogen) atoms. The second kappa shape index (κ2) is 7.66. The Morgan fingerprint density at radius 3 is 2.50 bits per heavy atom. The van der Waals surface area contributed by atoms with Crippen LogP contribution < -0.4 is 0 Å². The van der Waals surface area contributed by atoms with Crippen LogP contribution in [0.5, 0.6) is 0 Å². The maximum absolute atomic E-state index is 10.5. The number of hydrogen-bond donors (Lipinski definition) is 1. The van der Waals surface area contributed by atoms with Crippen molar-refractivity contribution < 1.29 is 9.53 Å².